The number of carbonyl (C=O) groups is 1. The number of phenolic OH excluding ortho intramolecular Hbond substituents is 1. The normalized spacial score (nSPS) is 11.0. The van der Waals surface area contributed by atoms with Gasteiger partial charge < -0.3 is 19.9 Å². The molecule has 0 heterocycles. The highest BCUT2D eigenvalue weighted by atomic mass is 19.4. The van der Waals surface area contributed by atoms with Gasteiger partial charge in [0.2, 0.25) is 0 Å². The zero-order valence-electron chi connectivity index (χ0n) is 13.3. The monoisotopic (exact) mass is 355 g/mol. The SMILES string of the molecule is COc1ccc(O)c(C(=O)NCc2ccc(OCC(F)(F)F)cc2)c1. The Kier molecular flexibility index (Phi) is 5.74. The van der Waals surface area contributed by atoms with Crippen LogP contribution in [0.5, 0.6) is 17.2 Å². The van der Waals surface area contributed by atoms with Gasteiger partial charge in [-0.25, -0.2) is 0 Å². The predicted octanol–water partition coefficient (Wildman–Crippen LogP) is 3.27. The maximum atomic E-state index is 12.1. The number of phenols is 1. The fraction of sp³-hybridized carbons (Fsp3) is 0.235. The highest BCUT2D eigenvalue weighted by molar-refractivity contribution is 5.97. The van der Waals surface area contributed by atoms with E-state index in [1.807, 2.05) is 0 Å². The lowest BCUT2D eigenvalue weighted by Gasteiger charge is -2.11. The summed E-state index contributed by atoms with van der Waals surface area (Å²) in [6, 6.07) is 10.1. The number of amides is 1. The minimum atomic E-state index is -4.40. The molecule has 0 spiro atoms. The van der Waals surface area contributed by atoms with Crippen molar-refractivity contribution >= 4 is 5.91 Å². The lowest BCUT2D eigenvalue weighted by Crippen LogP contribution is -2.23. The molecule has 0 radical (unpaired) electrons. The van der Waals surface area contributed by atoms with Crippen molar-refractivity contribution in [3.05, 3.63) is 53.6 Å². The molecule has 25 heavy (non-hydrogen) atoms. The minimum Gasteiger partial charge on any atom is -0.507 e. The van der Waals surface area contributed by atoms with Crippen LogP contribution in [0.4, 0.5) is 13.2 Å². The first-order valence-corrected chi connectivity index (χ1v) is 7.22. The van der Waals surface area contributed by atoms with E-state index < -0.39 is 18.7 Å². The van der Waals surface area contributed by atoms with E-state index in [-0.39, 0.29) is 23.6 Å². The third-order valence-electron chi connectivity index (χ3n) is 3.23. The van der Waals surface area contributed by atoms with Crippen molar-refractivity contribution < 1.29 is 32.5 Å². The van der Waals surface area contributed by atoms with E-state index in [1.165, 1.54) is 49.6 Å². The molecule has 0 atom stereocenters. The Labute approximate surface area is 142 Å². The van der Waals surface area contributed by atoms with Crippen molar-refractivity contribution in [3.8, 4) is 17.2 Å². The molecule has 5 nitrogen and oxygen atoms in total. The molecule has 0 saturated carbocycles. The Bertz CT molecular complexity index is 730. The predicted molar refractivity (Wildman–Crippen MR) is 83.8 cm³/mol. The van der Waals surface area contributed by atoms with Crippen LogP contribution in [0.1, 0.15) is 15.9 Å². The number of hydrogen-bond acceptors (Lipinski definition) is 4. The first-order valence-electron chi connectivity index (χ1n) is 7.22. The number of alkyl halides is 3. The van der Waals surface area contributed by atoms with Gasteiger partial charge in [-0.05, 0) is 35.9 Å². The molecule has 2 N–H and O–H groups in total. The van der Waals surface area contributed by atoms with Crippen LogP contribution < -0.4 is 14.8 Å². The molecule has 0 unspecified atom stereocenters. The van der Waals surface area contributed by atoms with Crippen molar-refractivity contribution in [2.45, 2.75) is 12.7 Å². The highest BCUT2D eigenvalue weighted by Crippen LogP contribution is 2.23. The third-order valence-corrected chi connectivity index (χ3v) is 3.23. The number of aromatic hydroxyl groups is 1. The maximum absolute atomic E-state index is 12.1. The van der Waals surface area contributed by atoms with Crippen LogP contribution in [0.15, 0.2) is 42.5 Å². The molecule has 0 aliphatic heterocycles. The summed E-state index contributed by atoms with van der Waals surface area (Å²) in [5, 5.41) is 12.3. The molecule has 0 bridgehead atoms. The van der Waals surface area contributed by atoms with Crippen LogP contribution in [0.2, 0.25) is 0 Å². The smallest absolute Gasteiger partial charge is 0.422 e. The highest BCUT2D eigenvalue weighted by Gasteiger charge is 2.28. The van der Waals surface area contributed by atoms with Crippen LogP contribution in [0, 0.1) is 0 Å². The van der Waals surface area contributed by atoms with Gasteiger partial charge in [-0.3, -0.25) is 4.79 Å². The molecule has 2 aromatic carbocycles. The molecule has 8 heteroatoms. The second kappa shape index (κ2) is 7.78. The van der Waals surface area contributed by atoms with Gasteiger partial charge in [0.05, 0.1) is 12.7 Å². The second-order valence-electron chi connectivity index (χ2n) is 5.11. The van der Waals surface area contributed by atoms with Crippen molar-refractivity contribution in [3.63, 3.8) is 0 Å². The van der Waals surface area contributed by atoms with Gasteiger partial charge in [0.15, 0.2) is 6.61 Å². The lowest BCUT2D eigenvalue weighted by atomic mass is 10.1. The van der Waals surface area contributed by atoms with E-state index >= 15 is 0 Å². The topological polar surface area (TPSA) is 67.8 Å². The van der Waals surface area contributed by atoms with E-state index in [2.05, 4.69) is 10.1 Å². The fourth-order valence-electron chi connectivity index (χ4n) is 1.97. The van der Waals surface area contributed by atoms with Gasteiger partial charge in [0, 0.05) is 6.54 Å². The van der Waals surface area contributed by atoms with E-state index in [4.69, 9.17) is 4.74 Å². The maximum Gasteiger partial charge on any atom is 0.422 e. The largest absolute Gasteiger partial charge is 0.507 e. The Balaban J connectivity index is 1.94. The molecule has 2 aromatic rings. The molecule has 0 fully saturated rings. The minimum absolute atomic E-state index is 0.0597. The van der Waals surface area contributed by atoms with Crippen LogP contribution in [-0.2, 0) is 6.54 Å². The average Bonchev–Trinajstić information content (AvgIpc) is 2.58. The van der Waals surface area contributed by atoms with E-state index in [1.54, 1.807) is 0 Å². The van der Waals surface area contributed by atoms with Crippen LogP contribution in [0.3, 0.4) is 0 Å². The summed E-state index contributed by atoms with van der Waals surface area (Å²) in [5.41, 5.74) is 0.722. The van der Waals surface area contributed by atoms with Gasteiger partial charge in [-0.15, -0.1) is 0 Å². The van der Waals surface area contributed by atoms with E-state index in [0.717, 1.165) is 0 Å². The zero-order chi connectivity index (χ0) is 18.4. The standard InChI is InChI=1S/C17H16F3NO4/c1-24-13-6-7-15(22)14(8-13)16(23)21-9-11-2-4-12(5-3-11)25-10-17(18,19)20/h2-8,22H,9-10H2,1H3,(H,21,23). The summed E-state index contributed by atoms with van der Waals surface area (Å²) in [6.07, 6.45) is -4.40. The summed E-state index contributed by atoms with van der Waals surface area (Å²) >= 11 is 0. The van der Waals surface area contributed by atoms with E-state index in [9.17, 15) is 23.1 Å². The molecule has 134 valence electrons. The van der Waals surface area contributed by atoms with Gasteiger partial charge >= 0.3 is 6.18 Å². The number of rotatable bonds is 6. The number of nitrogens with one attached hydrogen (secondary N) is 1. The Morgan fingerprint density at radius 2 is 1.76 bits per heavy atom. The molecule has 0 aliphatic rings. The molecule has 0 saturated heterocycles. The van der Waals surface area contributed by atoms with Crippen molar-refractivity contribution in [1.82, 2.24) is 5.32 Å². The molecular weight excluding hydrogens is 339 g/mol. The second-order valence-corrected chi connectivity index (χ2v) is 5.11. The molecule has 1 amide bonds. The molecular formula is C17H16F3NO4. The third kappa shape index (κ3) is 5.59. The Morgan fingerprint density at radius 3 is 2.36 bits per heavy atom. The summed E-state index contributed by atoms with van der Waals surface area (Å²) in [5.74, 6) is -0.185. The van der Waals surface area contributed by atoms with Crippen LogP contribution >= 0.6 is 0 Å². The van der Waals surface area contributed by atoms with Crippen molar-refractivity contribution in [2.24, 2.45) is 0 Å². The summed E-state index contributed by atoms with van der Waals surface area (Å²) in [6.45, 7) is -1.23. The van der Waals surface area contributed by atoms with Gasteiger partial charge in [-0.2, -0.15) is 13.2 Å². The molecule has 0 aliphatic carbocycles. The number of hydrogen-bond donors (Lipinski definition) is 2. The van der Waals surface area contributed by atoms with E-state index in [0.29, 0.717) is 11.3 Å². The summed E-state index contributed by atoms with van der Waals surface area (Å²) in [4.78, 5) is 12.1. The van der Waals surface area contributed by atoms with Crippen molar-refractivity contribution in [2.75, 3.05) is 13.7 Å². The van der Waals surface area contributed by atoms with Crippen LogP contribution in [0.25, 0.3) is 0 Å². The van der Waals surface area contributed by atoms with Crippen molar-refractivity contribution in [1.29, 1.82) is 0 Å². The lowest BCUT2D eigenvalue weighted by molar-refractivity contribution is -0.153. The summed E-state index contributed by atoms with van der Waals surface area (Å²) in [7, 11) is 1.44. The fourth-order valence-corrected chi connectivity index (χ4v) is 1.97. The van der Waals surface area contributed by atoms with Gasteiger partial charge in [0.1, 0.15) is 17.2 Å². The number of carbonyl (C=O) groups excluding carboxylic acids is 1. The molecule has 2 rings (SSSR count). The van der Waals surface area contributed by atoms with Gasteiger partial charge in [-0.1, -0.05) is 12.1 Å². The Morgan fingerprint density at radius 1 is 1.12 bits per heavy atom. The van der Waals surface area contributed by atoms with Crippen LogP contribution in [-0.4, -0.2) is 30.9 Å². The average molecular weight is 355 g/mol. The van der Waals surface area contributed by atoms with Gasteiger partial charge in [0.25, 0.3) is 5.91 Å². The first kappa shape index (κ1) is 18.4. The summed E-state index contributed by atoms with van der Waals surface area (Å²) < 4.78 is 45.8. The Hall–Kier alpha value is -2.90. The first-order chi connectivity index (χ1) is 11.8. The number of methoxy groups -OCH3 is 1. The quantitative estimate of drug-likeness (QED) is 0.835. The number of benzene rings is 2. The molecule has 0 aromatic heterocycles. The number of ether oxygens (including phenoxy) is 2. The number of halogens is 3. The zero-order valence-corrected chi connectivity index (χ0v) is 13.3.